The quantitative estimate of drug-likeness (QED) is 0.897. The second kappa shape index (κ2) is 6.83. The number of hydrogen-bond donors (Lipinski definition) is 1. The van der Waals surface area contributed by atoms with Gasteiger partial charge in [-0.1, -0.05) is 17.7 Å². The number of nitrogens with one attached hydrogen (secondary N) is 1. The highest BCUT2D eigenvalue weighted by Gasteiger charge is 2.28. The number of benzene rings is 1. The van der Waals surface area contributed by atoms with Crippen molar-refractivity contribution in [2.75, 3.05) is 32.0 Å². The minimum absolute atomic E-state index is 0.608. The van der Waals surface area contributed by atoms with E-state index >= 15 is 0 Å². The average Bonchev–Trinajstić information content (AvgIpc) is 2.78. The third kappa shape index (κ3) is 3.20. The molecular formula is C21H30N4. The molecule has 0 spiro atoms. The number of aryl methyl sites for hydroxylation is 2. The van der Waals surface area contributed by atoms with E-state index in [1.807, 2.05) is 0 Å². The second-order valence-electron chi connectivity index (χ2n) is 7.88. The second-order valence-corrected chi connectivity index (χ2v) is 7.88. The van der Waals surface area contributed by atoms with E-state index in [1.54, 1.807) is 0 Å². The number of anilines is 1. The molecule has 1 aromatic carbocycles. The van der Waals surface area contributed by atoms with Crippen LogP contribution in [-0.4, -0.2) is 41.4 Å². The lowest BCUT2D eigenvalue weighted by Gasteiger charge is -2.28. The zero-order valence-electron chi connectivity index (χ0n) is 15.8. The molecule has 134 valence electrons. The van der Waals surface area contributed by atoms with Gasteiger partial charge in [0.1, 0.15) is 5.82 Å². The summed E-state index contributed by atoms with van der Waals surface area (Å²) in [5, 5.41) is 8.87. The number of rotatable bonds is 2. The monoisotopic (exact) mass is 338 g/mol. The highest BCUT2D eigenvalue weighted by atomic mass is 15.3. The first-order valence-corrected chi connectivity index (χ1v) is 9.75. The molecule has 0 saturated carbocycles. The molecule has 2 aromatic rings. The summed E-state index contributed by atoms with van der Waals surface area (Å²) in [6.45, 7) is 7.77. The van der Waals surface area contributed by atoms with Crippen molar-refractivity contribution < 1.29 is 0 Å². The highest BCUT2D eigenvalue weighted by Crippen LogP contribution is 2.36. The molecule has 0 radical (unpaired) electrons. The lowest BCUT2D eigenvalue weighted by Crippen LogP contribution is -2.29. The van der Waals surface area contributed by atoms with Crippen LogP contribution in [0.3, 0.4) is 0 Å². The molecule has 4 heteroatoms. The maximum Gasteiger partial charge on any atom is 0.133 e. The van der Waals surface area contributed by atoms with Gasteiger partial charge < -0.3 is 10.2 Å². The first-order chi connectivity index (χ1) is 12.1. The molecule has 0 bridgehead atoms. The number of likely N-dealkylation sites (tertiary alicyclic amines) is 1. The van der Waals surface area contributed by atoms with Crippen LogP contribution in [0.15, 0.2) is 18.2 Å². The minimum Gasteiger partial charge on any atom is -0.370 e. The predicted molar refractivity (Wildman–Crippen MR) is 104 cm³/mol. The van der Waals surface area contributed by atoms with E-state index in [2.05, 4.69) is 54.0 Å². The summed E-state index contributed by atoms with van der Waals surface area (Å²) in [5.41, 5.74) is 6.66. The Morgan fingerprint density at radius 1 is 1.12 bits per heavy atom. The molecule has 0 amide bonds. The van der Waals surface area contributed by atoms with Gasteiger partial charge in [-0.05, 0) is 77.7 Å². The molecule has 1 fully saturated rings. The molecule has 1 saturated heterocycles. The van der Waals surface area contributed by atoms with Crippen molar-refractivity contribution in [3.8, 4) is 5.69 Å². The Balaban J connectivity index is 1.79. The van der Waals surface area contributed by atoms with Crippen LogP contribution in [-0.2, 0) is 6.42 Å². The first-order valence-electron chi connectivity index (χ1n) is 9.75. The lowest BCUT2D eigenvalue weighted by atomic mass is 9.90. The van der Waals surface area contributed by atoms with E-state index in [-0.39, 0.29) is 0 Å². The van der Waals surface area contributed by atoms with Crippen molar-refractivity contribution in [1.82, 2.24) is 14.7 Å². The average molecular weight is 338 g/mol. The molecule has 0 atom stereocenters. The van der Waals surface area contributed by atoms with E-state index in [4.69, 9.17) is 5.10 Å². The fraction of sp³-hybridized carbons (Fsp3) is 0.571. The van der Waals surface area contributed by atoms with Gasteiger partial charge in [-0.15, -0.1) is 0 Å². The maximum atomic E-state index is 5.18. The summed E-state index contributed by atoms with van der Waals surface area (Å²) in [5.74, 6) is 1.86. The van der Waals surface area contributed by atoms with E-state index < -0.39 is 0 Å². The van der Waals surface area contributed by atoms with Gasteiger partial charge in [0.15, 0.2) is 0 Å². The SMILES string of the molecule is Cc1ccc(-n2nc(C3CCN(C)CC3)c3c2NCCCC3)c(C)c1. The molecule has 1 N–H and O–H groups in total. The molecule has 1 aromatic heterocycles. The van der Waals surface area contributed by atoms with Crippen LogP contribution in [0, 0.1) is 13.8 Å². The van der Waals surface area contributed by atoms with Crippen LogP contribution in [0.25, 0.3) is 5.69 Å². The summed E-state index contributed by atoms with van der Waals surface area (Å²) < 4.78 is 2.20. The van der Waals surface area contributed by atoms with Gasteiger partial charge in [0.25, 0.3) is 0 Å². The van der Waals surface area contributed by atoms with Gasteiger partial charge in [-0.25, -0.2) is 4.68 Å². The standard InChI is InChI=1S/C21H30N4/c1-15-7-8-19(16(2)14-15)25-21-18(6-4-5-11-22-21)20(23-25)17-9-12-24(3)13-10-17/h7-8,14,17,22H,4-6,9-13H2,1-3H3. The van der Waals surface area contributed by atoms with E-state index in [1.165, 1.54) is 72.7 Å². The Morgan fingerprint density at radius 3 is 2.68 bits per heavy atom. The number of aromatic nitrogens is 2. The van der Waals surface area contributed by atoms with Gasteiger partial charge in [-0.3, -0.25) is 0 Å². The zero-order valence-corrected chi connectivity index (χ0v) is 15.8. The molecular weight excluding hydrogens is 308 g/mol. The first kappa shape index (κ1) is 16.6. The van der Waals surface area contributed by atoms with Crippen molar-refractivity contribution in [3.63, 3.8) is 0 Å². The van der Waals surface area contributed by atoms with Gasteiger partial charge in [0, 0.05) is 18.0 Å². The maximum absolute atomic E-state index is 5.18. The summed E-state index contributed by atoms with van der Waals surface area (Å²) in [6.07, 6.45) is 6.13. The van der Waals surface area contributed by atoms with Crippen LogP contribution in [0.1, 0.15) is 54.0 Å². The smallest absolute Gasteiger partial charge is 0.133 e. The number of nitrogens with zero attached hydrogens (tertiary/aromatic N) is 3. The summed E-state index contributed by atoms with van der Waals surface area (Å²) in [6, 6.07) is 6.68. The number of hydrogen-bond acceptors (Lipinski definition) is 3. The van der Waals surface area contributed by atoms with Crippen molar-refractivity contribution in [2.45, 2.75) is 51.9 Å². The number of fused-ring (bicyclic) bond motifs is 1. The van der Waals surface area contributed by atoms with Gasteiger partial charge in [-0.2, -0.15) is 5.10 Å². The largest absolute Gasteiger partial charge is 0.370 e. The third-order valence-corrected chi connectivity index (χ3v) is 5.85. The van der Waals surface area contributed by atoms with Gasteiger partial charge >= 0.3 is 0 Å². The highest BCUT2D eigenvalue weighted by molar-refractivity contribution is 5.57. The van der Waals surface area contributed by atoms with Crippen LogP contribution in [0.4, 0.5) is 5.82 Å². The fourth-order valence-corrected chi connectivity index (χ4v) is 4.36. The van der Waals surface area contributed by atoms with Crippen LogP contribution in [0.5, 0.6) is 0 Å². The van der Waals surface area contributed by atoms with Crippen molar-refractivity contribution in [1.29, 1.82) is 0 Å². The lowest BCUT2D eigenvalue weighted by molar-refractivity contribution is 0.252. The summed E-state index contributed by atoms with van der Waals surface area (Å²) >= 11 is 0. The molecule has 0 aliphatic carbocycles. The van der Waals surface area contributed by atoms with E-state index in [0.29, 0.717) is 5.92 Å². The minimum atomic E-state index is 0.608. The van der Waals surface area contributed by atoms with Crippen LogP contribution in [0.2, 0.25) is 0 Å². The molecule has 4 rings (SSSR count). The Labute approximate surface area is 151 Å². The predicted octanol–water partition coefficient (Wildman–Crippen LogP) is 4.05. The summed E-state index contributed by atoms with van der Waals surface area (Å²) in [4.78, 5) is 2.44. The molecule has 0 unspecified atom stereocenters. The Kier molecular flexibility index (Phi) is 4.55. The molecule has 4 nitrogen and oxygen atoms in total. The Morgan fingerprint density at radius 2 is 1.92 bits per heavy atom. The normalized spacial score (nSPS) is 19.3. The fourth-order valence-electron chi connectivity index (χ4n) is 4.36. The van der Waals surface area contributed by atoms with Gasteiger partial charge in [0.2, 0.25) is 0 Å². The molecule has 3 heterocycles. The zero-order chi connectivity index (χ0) is 17.4. The molecule has 25 heavy (non-hydrogen) atoms. The Hall–Kier alpha value is -1.81. The van der Waals surface area contributed by atoms with Crippen molar-refractivity contribution >= 4 is 5.82 Å². The van der Waals surface area contributed by atoms with Crippen molar-refractivity contribution in [3.05, 3.63) is 40.6 Å². The summed E-state index contributed by atoms with van der Waals surface area (Å²) in [7, 11) is 2.23. The van der Waals surface area contributed by atoms with E-state index in [9.17, 15) is 0 Å². The van der Waals surface area contributed by atoms with Gasteiger partial charge in [0.05, 0.1) is 11.4 Å². The number of piperidine rings is 1. The molecule has 2 aliphatic rings. The van der Waals surface area contributed by atoms with Crippen molar-refractivity contribution in [2.24, 2.45) is 0 Å². The van der Waals surface area contributed by atoms with Crippen LogP contribution >= 0.6 is 0 Å². The van der Waals surface area contributed by atoms with E-state index in [0.717, 1.165) is 13.0 Å². The van der Waals surface area contributed by atoms with Crippen LogP contribution < -0.4 is 5.32 Å². The third-order valence-electron chi connectivity index (χ3n) is 5.85. The Bertz CT molecular complexity index is 753. The topological polar surface area (TPSA) is 33.1 Å². The molecule has 2 aliphatic heterocycles.